The van der Waals surface area contributed by atoms with Crippen LogP contribution in [0.15, 0.2) is 40.9 Å². The molecule has 1 aliphatic heterocycles. The Morgan fingerprint density at radius 1 is 1.26 bits per heavy atom. The summed E-state index contributed by atoms with van der Waals surface area (Å²) in [5, 5.41) is 2.23. The van der Waals surface area contributed by atoms with Gasteiger partial charge in [0.1, 0.15) is 5.75 Å². The summed E-state index contributed by atoms with van der Waals surface area (Å²) >= 11 is 3.46. The molecule has 0 saturated carbocycles. The van der Waals surface area contributed by atoms with Crippen molar-refractivity contribution in [3.05, 3.63) is 40.9 Å². The second kappa shape index (κ2) is 7.99. The zero-order chi connectivity index (χ0) is 15.5. The Balaban J connectivity index is 0.00000192. The number of rotatable bonds is 3. The fraction of sp³-hybridized carbons (Fsp3) is 0.353. The fourth-order valence-corrected chi connectivity index (χ4v) is 3.14. The number of benzene rings is 2. The van der Waals surface area contributed by atoms with Crippen molar-refractivity contribution in [2.75, 3.05) is 19.7 Å². The Labute approximate surface area is 150 Å². The Bertz CT molecular complexity index is 695. The van der Waals surface area contributed by atoms with Crippen LogP contribution < -0.4 is 10.5 Å². The van der Waals surface area contributed by atoms with Crippen molar-refractivity contribution in [2.45, 2.75) is 18.9 Å². The molecule has 1 heterocycles. The lowest BCUT2D eigenvalue weighted by Crippen LogP contribution is -2.47. The minimum Gasteiger partial charge on any atom is -0.484 e. The van der Waals surface area contributed by atoms with E-state index in [1.54, 1.807) is 4.90 Å². The van der Waals surface area contributed by atoms with Gasteiger partial charge in [-0.1, -0.05) is 28.1 Å². The van der Waals surface area contributed by atoms with E-state index < -0.39 is 0 Å². The molecule has 0 bridgehead atoms. The fourth-order valence-electron chi connectivity index (χ4n) is 2.76. The largest absolute Gasteiger partial charge is 0.484 e. The Morgan fingerprint density at radius 3 is 2.78 bits per heavy atom. The van der Waals surface area contributed by atoms with Crippen LogP contribution in [0.4, 0.5) is 0 Å². The van der Waals surface area contributed by atoms with E-state index in [1.807, 2.05) is 30.3 Å². The van der Waals surface area contributed by atoms with E-state index in [0.29, 0.717) is 12.3 Å². The van der Waals surface area contributed by atoms with Crippen LogP contribution in [-0.4, -0.2) is 36.5 Å². The Hall–Kier alpha value is -1.30. The number of halogens is 2. The van der Waals surface area contributed by atoms with Crippen LogP contribution in [-0.2, 0) is 4.79 Å². The molecule has 1 unspecified atom stereocenters. The Morgan fingerprint density at radius 2 is 2.00 bits per heavy atom. The zero-order valence-electron chi connectivity index (χ0n) is 12.7. The van der Waals surface area contributed by atoms with E-state index in [9.17, 15) is 4.79 Å². The quantitative estimate of drug-likeness (QED) is 0.861. The minimum absolute atomic E-state index is 0. The molecule has 3 rings (SSSR count). The summed E-state index contributed by atoms with van der Waals surface area (Å²) in [5.74, 6) is 0.718. The van der Waals surface area contributed by atoms with Crippen LogP contribution in [0.2, 0.25) is 0 Å². The smallest absolute Gasteiger partial charge is 0.260 e. The average molecular weight is 400 g/mol. The van der Waals surface area contributed by atoms with Crippen molar-refractivity contribution < 1.29 is 9.53 Å². The molecule has 0 spiro atoms. The molecular weight excluding hydrogens is 380 g/mol. The molecule has 2 N–H and O–H groups in total. The van der Waals surface area contributed by atoms with Crippen LogP contribution in [0, 0.1) is 0 Å². The average Bonchev–Trinajstić information content (AvgIpc) is 2.52. The second-order valence-electron chi connectivity index (χ2n) is 5.68. The van der Waals surface area contributed by atoms with Crippen LogP contribution in [0.25, 0.3) is 10.8 Å². The summed E-state index contributed by atoms with van der Waals surface area (Å²) in [6.45, 7) is 1.48. The first kappa shape index (κ1) is 18.0. The van der Waals surface area contributed by atoms with Gasteiger partial charge in [0.2, 0.25) is 0 Å². The highest BCUT2D eigenvalue weighted by atomic mass is 79.9. The molecule has 1 atom stereocenters. The first-order chi connectivity index (χ1) is 10.6. The number of hydrogen-bond acceptors (Lipinski definition) is 3. The molecule has 0 aliphatic carbocycles. The summed E-state index contributed by atoms with van der Waals surface area (Å²) in [6.07, 6.45) is 1.96. The van der Waals surface area contributed by atoms with Crippen molar-refractivity contribution in [1.82, 2.24) is 4.90 Å². The molecule has 2 aromatic carbocycles. The maximum atomic E-state index is 12.2. The normalized spacial score (nSPS) is 17.7. The molecule has 124 valence electrons. The standard InChI is InChI=1S/C17H19BrN2O2.ClH/c18-14-5-3-13-9-16(6-4-12(13)8-14)22-11-17(21)20-7-1-2-15(19)10-20;/h3-6,8-9,15H,1-2,7,10-11,19H2;1H. The number of carbonyl (C=O) groups excluding carboxylic acids is 1. The van der Waals surface area contributed by atoms with E-state index in [4.69, 9.17) is 10.5 Å². The third kappa shape index (κ3) is 4.59. The lowest BCUT2D eigenvalue weighted by Gasteiger charge is -2.30. The summed E-state index contributed by atoms with van der Waals surface area (Å²) in [4.78, 5) is 14.0. The monoisotopic (exact) mass is 398 g/mol. The van der Waals surface area contributed by atoms with Crippen molar-refractivity contribution in [2.24, 2.45) is 5.73 Å². The molecule has 4 nitrogen and oxygen atoms in total. The summed E-state index contributed by atoms with van der Waals surface area (Å²) in [6, 6.07) is 12.0. The predicted octanol–water partition coefficient (Wildman–Crippen LogP) is 3.35. The molecule has 0 radical (unpaired) electrons. The molecule has 1 fully saturated rings. The van der Waals surface area contributed by atoms with Gasteiger partial charge >= 0.3 is 0 Å². The van der Waals surface area contributed by atoms with Gasteiger partial charge in [-0.3, -0.25) is 4.79 Å². The van der Waals surface area contributed by atoms with E-state index in [-0.39, 0.29) is 31.0 Å². The van der Waals surface area contributed by atoms with Crippen molar-refractivity contribution in [3.63, 3.8) is 0 Å². The van der Waals surface area contributed by atoms with Crippen LogP contribution >= 0.6 is 28.3 Å². The lowest BCUT2D eigenvalue weighted by molar-refractivity contribution is -0.134. The summed E-state index contributed by atoms with van der Waals surface area (Å²) in [7, 11) is 0. The number of fused-ring (bicyclic) bond motifs is 1. The van der Waals surface area contributed by atoms with Gasteiger partial charge < -0.3 is 15.4 Å². The maximum Gasteiger partial charge on any atom is 0.260 e. The van der Waals surface area contributed by atoms with Crippen LogP contribution in [0.3, 0.4) is 0 Å². The van der Waals surface area contributed by atoms with Crippen molar-refractivity contribution >= 4 is 45.0 Å². The molecule has 6 heteroatoms. The van der Waals surface area contributed by atoms with Crippen LogP contribution in [0.1, 0.15) is 12.8 Å². The summed E-state index contributed by atoms with van der Waals surface area (Å²) < 4.78 is 6.70. The van der Waals surface area contributed by atoms with Gasteiger partial charge in [-0.05, 0) is 47.9 Å². The maximum absolute atomic E-state index is 12.2. The number of carbonyl (C=O) groups is 1. The topological polar surface area (TPSA) is 55.6 Å². The lowest BCUT2D eigenvalue weighted by atomic mass is 10.1. The molecule has 1 saturated heterocycles. The minimum atomic E-state index is 0. The zero-order valence-corrected chi connectivity index (χ0v) is 15.1. The number of amides is 1. The molecule has 1 aliphatic rings. The number of nitrogens with two attached hydrogens (primary N) is 1. The molecule has 0 aromatic heterocycles. The second-order valence-corrected chi connectivity index (χ2v) is 6.60. The molecular formula is C17H20BrClN2O2. The van der Waals surface area contributed by atoms with E-state index in [1.165, 1.54) is 0 Å². The SMILES string of the molecule is Cl.NC1CCCN(C(=O)COc2ccc3cc(Br)ccc3c2)C1. The van der Waals surface area contributed by atoms with E-state index in [2.05, 4.69) is 22.0 Å². The highest BCUT2D eigenvalue weighted by Gasteiger charge is 2.21. The van der Waals surface area contributed by atoms with E-state index in [0.717, 1.165) is 34.6 Å². The van der Waals surface area contributed by atoms with Crippen molar-refractivity contribution in [3.8, 4) is 5.75 Å². The number of hydrogen-bond donors (Lipinski definition) is 1. The van der Waals surface area contributed by atoms with Gasteiger partial charge in [0.25, 0.3) is 5.91 Å². The van der Waals surface area contributed by atoms with Crippen molar-refractivity contribution in [1.29, 1.82) is 0 Å². The molecule has 23 heavy (non-hydrogen) atoms. The first-order valence-electron chi connectivity index (χ1n) is 7.47. The third-order valence-corrected chi connectivity index (χ3v) is 4.44. The van der Waals surface area contributed by atoms with Crippen LogP contribution in [0.5, 0.6) is 5.75 Å². The molecule has 1 amide bonds. The third-order valence-electron chi connectivity index (χ3n) is 3.95. The van der Waals surface area contributed by atoms with Gasteiger partial charge in [0.15, 0.2) is 6.61 Å². The number of ether oxygens (including phenoxy) is 1. The van der Waals surface area contributed by atoms with E-state index >= 15 is 0 Å². The first-order valence-corrected chi connectivity index (χ1v) is 8.26. The highest BCUT2D eigenvalue weighted by Crippen LogP contribution is 2.24. The van der Waals surface area contributed by atoms with Gasteiger partial charge in [0, 0.05) is 23.6 Å². The van der Waals surface area contributed by atoms with Gasteiger partial charge in [0.05, 0.1) is 0 Å². The Kier molecular flexibility index (Phi) is 6.27. The number of likely N-dealkylation sites (tertiary alicyclic amines) is 1. The van der Waals surface area contributed by atoms with Gasteiger partial charge in [-0.15, -0.1) is 12.4 Å². The van der Waals surface area contributed by atoms with Gasteiger partial charge in [-0.2, -0.15) is 0 Å². The highest BCUT2D eigenvalue weighted by molar-refractivity contribution is 9.10. The molecule has 2 aromatic rings. The number of piperidine rings is 1. The number of nitrogens with zero attached hydrogens (tertiary/aromatic N) is 1. The predicted molar refractivity (Wildman–Crippen MR) is 98.2 cm³/mol. The van der Waals surface area contributed by atoms with Gasteiger partial charge in [-0.25, -0.2) is 0 Å². The summed E-state index contributed by atoms with van der Waals surface area (Å²) in [5.41, 5.74) is 5.91.